The van der Waals surface area contributed by atoms with E-state index in [1.807, 2.05) is 53.1 Å². The summed E-state index contributed by atoms with van der Waals surface area (Å²) in [4.78, 5) is 27.3. The highest BCUT2D eigenvalue weighted by Crippen LogP contribution is 2.20. The molecule has 0 N–H and O–H groups in total. The maximum absolute atomic E-state index is 12.4. The fraction of sp³-hybridized carbons (Fsp3) is 0.238. The van der Waals surface area contributed by atoms with Crippen molar-refractivity contribution in [3.8, 4) is 11.5 Å². The Labute approximate surface area is 171 Å². The van der Waals surface area contributed by atoms with Crippen molar-refractivity contribution in [1.29, 1.82) is 0 Å². The molecule has 0 atom stereocenters. The van der Waals surface area contributed by atoms with E-state index in [9.17, 15) is 14.7 Å². The molecule has 0 aliphatic carbocycles. The summed E-state index contributed by atoms with van der Waals surface area (Å²) in [6.07, 6.45) is -0.318. The molecule has 2 aromatic heterocycles. The number of aromatic nitrogens is 4. The first-order valence-corrected chi connectivity index (χ1v) is 9.40. The second-order valence-electron chi connectivity index (χ2n) is 6.61. The highest BCUT2D eigenvalue weighted by Gasteiger charge is 2.15. The number of ether oxygens (including phenoxy) is 2. The third-order valence-electron chi connectivity index (χ3n) is 4.71. The molecule has 0 saturated carbocycles. The molecule has 0 aliphatic heterocycles. The van der Waals surface area contributed by atoms with Crippen LogP contribution < -0.4 is 20.1 Å². The average Bonchev–Trinajstić information content (AvgIpc) is 3.05. The molecule has 0 spiro atoms. The molecule has 0 bridgehead atoms. The highest BCUT2D eigenvalue weighted by atomic mass is 16.5. The number of para-hydroxylation sites is 2. The molecule has 0 amide bonds. The number of imidazole rings is 1. The second-order valence-corrected chi connectivity index (χ2v) is 6.61. The smallest absolute Gasteiger partial charge is 0.296 e. The van der Waals surface area contributed by atoms with Gasteiger partial charge in [-0.3, -0.25) is 4.79 Å². The summed E-state index contributed by atoms with van der Waals surface area (Å²) in [6, 6.07) is 14.8. The first kappa shape index (κ1) is 19.4. The Morgan fingerprint density at radius 3 is 2.47 bits per heavy atom. The van der Waals surface area contributed by atoms with Crippen LogP contribution >= 0.6 is 0 Å². The van der Waals surface area contributed by atoms with Crippen LogP contribution in [0, 0.1) is 0 Å². The number of fused-ring (bicyclic) bond motifs is 3. The lowest BCUT2D eigenvalue weighted by molar-refractivity contribution is -0.305. The van der Waals surface area contributed by atoms with Gasteiger partial charge < -0.3 is 23.9 Å². The minimum atomic E-state index is -1.24. The van der Waals surface area contributed by atoms with Gasteiger partial charge in [0.25, 0.3) is 5.56 Å². The van der Waals surface area contributed by atoms with E-state index in [1.54, 1.807) is 11.6 Å². The fourth-order valence-electron chi connectivity index (χ4n) is 3.25. The number of methoxy groups -OCH3 is 1. The van der Waals surface area contributed by atoms with Gasteiger partial charge in [-0.15, -0.1) is 0 Å². The SMILES string of the molecule is COc1ccc(OCCn2c3ccccc3n3nc(CCC(=O)[O-])c(=O)nc23)cc1. The van der Waals surface area contributed by atoms with Gasteiger partial charge in [0.05, 0.1) is 24.7 Å². The van der Waals surface area contributed by atoms with Gasteiger partial charge in [0.15, 0.2) is 0 Å². The summed E-state index contributed by atoms with van der Waals surface area (Å²) in [5.74, 6) is 0.578. The number of benzene rings is 2. The van der Waals surface area contributed by atoms with Gasteiger partial charge >= 0.3 is 0 Å². The van der Waals surface area contributed by atoms with Crippen LogP contribution in [0.3, 0.4) is 0 Å². The molecule has 4 rings (SSSR count). The quantitative estimate of drug-likeness (QED) is 0.425. The standard InChI is InChI=1S/C21H20N4O5/c1-29-14-6-8-15(9-7-14)30-13-12-24-17-4-2-3-5-18(17)25-21(24)22-20(28)16(23-25)10-11-19(26)27/h2-9H,10-13H2,1H3,(H,26,27)/p-1. The van der Waals surface area contributed by atoms with E-state index < -0.39 is 11.5 Å². The van der Waals surface area contributed by atoms with Gasteiger partial charge in [-0.05, 0) is 42.8 Å². The molecule has 0 radical (unpaired) electrons. The van der Waals surface area contributed by atoms with Crippen molar-refractivity contribution in [1.82, 2.24) is 19.2 Å². The van der Waals surface area contributed by atoms with Crippen molar-refractivity contribution in [2.75, 3.05) is 13.7 Å². The summed E-state index contributed by atoms with van der Waals surface area (Å²) >= 11 is 0. The van der Waals surface area contributed by atoms with Crippen molar-refractivity contribution in [3.05, 3.63) is 64.6 Å². The van der Waals surface area contributed by atoms with Crippen molar-refractivity contribution in [2.45, 2.75) is 19.4 Å². The van der Waals surface area contributed by atoms with Crippen LogP contribution in [0.1, 0.15) is 12.1 Å². The topological polar surface area (TPSA) is 111 Å². The minimum absolute atomic E-state index is 0.0306. The number of aliphatic carboxylic acids is 1. The van der Waals surface area contributed by atoms with Crippen LogP contribution in [0.4, 0.5) is 0 Å². The molecule has 30 heavy (non-hydrogen) atoms. The average molecular weight is 407 g/mol. The number of rotatable bonds is 8. The molecule has 0 fully saturated rings. The minimum Gasteiger partial charge on any atom is -0.550 e. The lowest BCUT2D eigenvalue weighted by Gasteiger charge is -2.09. The molecule has 154 valence electrons. The van der Waals surface area contributed by atoms with Crippen LogP contribution in [0.15, 0.2) is 53.3 Å². The van der Waals surface area contributed by atoms with Crippen LogP contribution in [0.2, 0.25) is 0 Å². The van der Waals surface area contributed by atoms with Gasteiger partial charge in [0, 0.05) is 12.4 Å². The first-order valence-electron chi connectivity index (χ1n) is 9.40. The summed E-state index contributed by atoms with van der Waals surface area (Å²) in [5.41, 5.74) is 1.15. The largest absolute Gasteiger partial charge is 0.550 e. The number of carbonyl (C=O) groups is 1. The van der Waals surface area contributed by atoms with E-state index in [-0.39, 0.29) is 18.5 Å². The molecule has 4 aromatic rings. The normalized spacial score (nSPS) is 11.1. The molecular weight excluding hydrogens is 388 g/mol. The Kier molecular flexibility index (Phi) is 5.34. The number of hydrogen-bond donors (Lipinski definition) is 0. The van der Waals surface area contributed by atoms with Gasteiger partial charge in [-0.1, -0.05) is 12.1 Å². The van der Waals surface area contributed by atoms with Gasteiger partial charge in [-0.2, -0.15) is 14.6 Å². The Hall–Kier alpha value is -3.88. The summed E-state index contributed by atoms with van der Waals surface area (Å²) in [7, 11) is 1.60. The zero-order valence-electron chi connectivity index (χ0n) is 16.3. The van der Waals surface area contributed by atoms with Crippen molar-refractivity contribution in [3.63, 3.8) is 0 Å². The predicted molar refractivity (Wildman–Crippen MR) is 107 cm³/mol. The second kappa shape index (κ2) is 8.24. The Morgan fingerprint density at radius 2 is 1.77 bits per heavy atom. The van der Waals surface area contributed by atoms with E-state index in [2.05, 4.69) is 10.1 Å². The fourth-order valence-corrected chi connectivity index (χ4v) is 3.25. The van der Waals surface area contributed by atoms with E-state index in [0.29, 0.717) is 24.7 Å². The summed E-state index contributed by atoms with van der Waals surface area (Å²) in [6.45, 7) is 0.790. The third kappa shape index (κ3) is 3.82. The molecule has 2 aromatic carbocycles. The summed E-state index contributed by atoms with van der Waals surface area (Å²) in [5, 5.41) is 15.1. The zero-order chi connectivity index (χ0) is 21.1. The lowest BCUT2D eigenvalue weighted by atomic mass is 10.2. The van der Waals surface area contributed by atoms with E-state index in [0.717, 1.165) is 16.8 Å². The maximum atomic E-state index is 12.4. The predicted octanol–water partition coefficient (Wildman–Crippen LogP) is 0.814. The van der Waals surface area contributed by atoms with Gasteiger partial charge in [0.1, 0.15) is 23.8 Å². The number of carboxylic acids is 1. The Balaban J connectivity index is 1.65. The van der Waals surface area contributed by atoms with Crippen molar-refractivity contribution < 1.29 is 19.4 Å². The van der Waals surface area contributed by atoms with Crippen molar-refractivity contribution in [2.24, 2.45) is 0 Å². The number of hydrogen-bond acceptors (Lipinski definition) is 7. The lowest BCUT2D eigenvalue weighted by Crippen LogP contribution is -2.26. The van der Waals surface area contributed by atoms with Crippen LogP contribution in [0.25, 0.3) is 16.8 Å². The number of carboxylic acid groups (broad SMARTS) is 1. The Morgan fingerprint density at radius 1 is 1.07 bits per heavy atom. The highest BCUT2D eigenvalue weighted by molar-refractivity contribution is 5.80. The molecule has 0 unspecified atom stereocenters. The van der Waals surface area contributed by atoms with Crippen LogP contribution in [-0.4, -0.2) is 38.9 Å². The number of carbonyl (C=O) groups excluding carboxylic acids is 1. The number of nitrogens with zero attached hydrogens (tertiary/aromatic N) is 4. The molecule has 0 aliphatic rings. The van der Waals surface area contributed by atoms with Crippen LogP contribution in [-0.2, 0) is 17.8 Å². The van der Waals surface area contributed by atoms with Gasteiger partial charge in [-0.25, -0.2) is 0 Å². The first-order chi connectivity index (χ1) is 14.6. The molecule has 9 nitrogen and oxygen atoms in total. The zero-order valence-corrected chi connectivity index (χ0v) is 16.3. The monoisotopic (exact) mass is 407 g/mol. The van der Waals surface area contributed by atoms with E-state index >= 15 is 0 Å². The maximum Gasteiger partial charge on any atom is 0.296 e. The molecular formula is C21H19N4O5-. The molecule has 0 saturated heterocycles. The van der Waals surface area contributed by atoms with E-state index in [4.69, 9.17) is 9.47 Å². The van der Waals surface area contributed by atoms with Gasteiger partial charge in [0.2, 0.25) is 5.78 Å². The molecule has 9 heteroatoms. The van der Waals surface area contributed by atoms with Crippen LogP contribution in [0.5, 0.6) is 11.5 Å². The van der Waals surface area contributed by atoms with Crippen molar-refractivity contribution >= 4 is 22.8 Å². The summed E-state index contributed by atoms with van der Waals surface area (Å²) < 4.78 is 14.4. The third-order valence-corrected chi connectivity index (χ3v) is 4.71. The molecule has 2 heterocycles. The van der Waals surface area contributed by atoms with E-state index in [1.165, 1.54) is 0 Å². The number of aryl methyl sites for hydroxylation is 1. The Bertz CT molecular complexity index is 1260.